The number of likely N-dealkylation sites (tertiary alicyclic amines) is 1. The highest BCUT2D eigenvalue weighted by atomic mass is 16.2. The number of rotatable bonds is 5. The molecule has 7 nitrogen and oxygen atoms in total. The molecule has 0 bridgehead atoms. The van der Waals surface area contributed by atoms with Gasteiger partial charge < -0.3 is 15.5 Å². The Morgan fingerprint density at radius 2 is 1.88 bits per heavy atom. The molecule has 1 aromatic carbocycles. The maximum absolute atomic E-state index is 12.5. The van der Waals surface area contributed by atoms with Crippen molar-refractivity contribution in [1.82, 2.24) is 14.7 Å². The van der Waals surface area contributed by atoms with E-state index in [4.69, 9.17) is 5.73 Å². The Kier molecular flexibility index (Phi) is 5.33. The molecule has 0 aromatic heterocycles. The maximum Gasteiger partial charge on any atom is 0.242 e. The Labute approximate surface area is 147 Å². The molecule has 2 fully saturated rings. The van der Waals surface area contributed by atoms with Gasteiger partial charge in [-0.05, 0) is 12.0 Å². The van der Waals surface area contributed by atoms with Crippen LogP contribution in [0.5, 0.6) is 0 Å². The molecule has 134 valence electrons. The van der Waals surface area contributed by atoms with E-state index in [9.17, 15) is 14.4 Å². The Balaban J connectivity index is 1.61. The molecule has 1 unspecified atom stereocenters. The molecule has 1 aromatic rings. The third-order valence-electron chi connectivity index (χ3n) is 4.90. The summed E-state index contributed by atoms with van der Waals surface area (Å²) in [5, 5.41) is 0. The molecule has 0 radical (unpaired) electrons. The van der Waals surface area contributed by atoms with Crippen molar-refractivity contribution >= 4 is 17.7 Å². The third-order valence-corrected chi connectivity index (χ3v) is 4.90. The lowest BCUT2D eigenvalue weighted by Gasteiger charge is -2.40. The molecule has 2 saturated heterocycles. The van der Waals surface area contributed by atoms with Gasteiger partial charge in [0.2, 0.25) is 17.7 Å². The van der Waals surface area contributed by atoms with Gasteiger partial charge in [0.05, 0.1) is 6.54 Å². The number of hydrogen-bond donors (Lipinski definition) is 1. The monoisotopic (exact) mass is 344 g/mol. The first-order valence-corrected chi connectivity index (χ1v) is 8.67. The van der Waals surface area contributed by atoms with Crippen molar-refractivity contribution in [3.05, 3.63) is 35.9 Å². The molecule has 0 aliphatic carbocycles. The van der Waals surface area contributed by atoms with Crippen LogP contribution in [0.2, 0.25) is 0 Å². The van der Waals surface area contributed by atoms with Crippen LogP contribution in [0.4, 0.5) is 0 Å². The summed E-state index contributed by atoms with van der Waals surface area (Å²) < 4.78 is 0. The molecule has 2 heterocycles. The fourth-order valence-corrected chi connectivity index (χ4v) is 3.46. The largest absolute Gasteiger partial charge is 0.368 e. The van der Waals surface area contributed by atoms with Crippen LogP contribution in [-0.4, -0.2) is 71.2 Å². The van der Waals surface area contributed by atoms with Crippen molar-refractivity contribution in [3.63, 3.8) is 0 Å². The number of hydrogen-bond acceptors (Lipinski definition) is 4. The number of benzene rings is 1. The first-order valence-electron chi connectivity index (χ1n) is 8.67. The smallest absolute Gasteiger partial charge is 0.242 e. The summed E-state index contributed by atoms with van der Waals surface area (Å²) >= 11 is 0. The first-order chi connectivity index (χ1) is 12.0. The topological polar surface area (TPSA) is 87.0 Å². The summed E-state index contributed by atoms with van der Waals surface area (Å²) in [4.78, 5) is 41.4. The lowest BCUT2D eigenvalue weighted by molar-refractivity contribution is -0.142. The van der Waals surface area contributed by atoms with Gasteiger partial charge in [0.1, 0.15) is 6.04 Å². The van der Waals surface area contributed by atoms with Gasteiger partial charge >= 0.3 is 0 Å². The summed E-state index contributed by atoms with van der Waals surface area (Å²) in [6, 6.07) is 9.38. The van der Waals surface area contributed by atoms with Gasteiger partial charge in [0, 0.05) is 39.1 Å². The van der Waals surface area contributed by atoms with Crippen LogP contribution in [0.3, 0.4) is 0 Å². The zero-order valence-electron chi connectivity index (χ0n) is 14.3. The van der Waals surface area contributed by atoms with Gasteiger partial charge in [-0.2, -0.15) is 0 Å². The second kappa shape index (κ2) is 7.65. The van der Waals surface area contributed by atoms with E-state index in [1.54, 1.807) is 9.80 Å². The van der Waals surface area contributed by atoms with E-state index in [-0.39, 0.29) is 24.9 Å². The highest BCUT2D eigenvalue weighted by molar-refractivity contribution is 5.87. The molecule has 2 aliphatic heterocycles. The van der Waals surface area contributed by atoms with Crippen molar-refractivity contribution in [1.29, 1.82) is 0 Å². The zero-order chi connectivity index (χ0) is 17.8. The normalized spacial score (nSPS) is 21.6. The Morgan fingerprint density at radius 1 is 1.12 bits per heavy atom. The molecular weight excluding hydrogens is 320 g/mol. The average molecular weight is 344 g/mol. The molecule has 3 rings (SSSR count). The molecule has 2 aliphatic rings. The Morgan fingerprint density at radius 3 is 2.52 bits per heavy atom. The summed E-state index contributed by atoms with van der Waals surface area (Å²) in [6.45, 7) is 2.77. The first kappa shape index (κ1) is 17.4. The van der Waals surface area contributed by atoms with Gasteiger partial charge in [-0.25, -0.2) is 0 Å². The second-order valence-electron chi connectivity index (χ2n) is 6.63. The molecule has 0 spiro atoms. The van der Waals surface area contributed by atoms with Gasteiger partial charge in [-0.1, -0.05) is 30.3 Å². The maximum atomic E-state index is 12.5. The highest BCUT2D eigenvalue weighted by Gasteiger charge is 2.34. The fraction of sp³-hybridized carbons (Fsp3) is 0.500. The van der Waals surface area contributed by atoms with Crippen LogP contribution >= 0.6 is 0 Å². The lowest BCUT2D eigenvalue weighted by Crippen LogP contribution is -2.59. The van der Waals surface area contributed by atoms with Crippen LogP contribution in [0.25, 0.3) is 0 Å². The molecule has 25 heavy (non-hydrogen) atoms. The minimum absolute atomic E-state index is 0.0301. The van der Waals surface area contributed by atoms with Crippen molar-refractivity contribution < 1.29 is 14.4 Å². The second-order valence-corrected chi connectivity index (χ2v) is 6.63. The van der Waals surface area contributed by atoms with E-state index in [2.05, 4.69) is 0 Å². The number of carbonyl (C=O) groups is 3. The summed E-state index contributed by atoms with van der Waals surface area (Å²) in [5.41, 5.74) is 6.68. The van der Waals surface area contributed by atoms with Gasteiger partial charge in [0.25, 0.3) is 0 Å². The van der Waals surface area contributed by atoms with E-state index >= 15 is 0 Å². The van der Waals surface area contributed by atoms with Crippen LogP contribution in [0, 0.1) is 0 Å². The summed E-state index contributed by atoms with van der Waals surface area (Å²) in [6.07, 6.45) is 1.32. The van der Waals surface area contributed by atoms with Crippen molar-refractivity contribution in [3.8, 4) is 0 Å². The van der Waals surface area contributed by atoms with Gasteiger partial charge in [-0.3, -0.25) is 19.3 Å². The number of nitrogens with two attached hydrogens (primary N) is 1. The predicted octanol–water partition coefficient (Wildman–Crippen LogP) is -0.193. The van der Waals surface area contributed by atoms with Crippen molar-refractivity contribution in [2.75, 3.05) is 32.7 Å². The Bertz CT molecular complexity index is 649. The van der Waals surface area contributed by atoms with E-state index in [0.717, 1.165) is 12.0 Å². The van der Waals surface area contributed by atoms with E-state index in [0.29, 0.717) is 32.6 Å². The van der Waals surface area contributed by atoms with Crippen LogP contribution in [-0.2, 0) is 20.9 Å². The number of piperazine rings is 1. The summed E-state index contributed by atoms with van der Waals surface area (Å²) in [7, 11) is 0. The number of primary amides is 1. The molecule has 0 saturated carbocycles. The van der Waals surface area contributed by atoms with Crippen LogP contribution in [0.1, 0.15) is 18.4 Å². The minimum atomic E-state index is -0.507. The van der Waals surface area contributed by atoms with Crippen LogP contribution < -0.4 is 5.73 Å². The quantitative estimate of drug-likeness (QED) is 0.802. The zero-order valence-corrected chi connectivity index (χ0v) is 14.3. The Hall–Kier alpha value is -2.41. The van der Waals surface area contributed by atoms with E-state index in [1.807, 2.05) is 35.2 Å². The number of nitrogens with zero attached hydrogens (tertiary/aromatic N) is 3. The van der Waals surface area contributed by atoms with Crippen LogP contribution in [0.15, 0.2) is 30.3 Å². The molecule has 7 heteroatoms. The SMILES string of the molecule is NC(=O)C1CN(C(=O)CN2CCCC2=O)CCN1Cc1ccccc1. The molecular formula is C18H24N4O3. The van der Waals surface area contributed by atoms with Crippen molar-refractivity contribution in [2.45, 2.75) is 25.4 Å². The average Bonchev–Trinajstić information content (AvgIpc) is 3.00. The van der Waals surface area contributed by atoms with Gasteiger partial charge in [-0.15, -0.1) is 0 Å². The number of carbonyl (C=O) groups excluding carboxylic acids is 3. The summed E-state index contributed by atoms with van der Waals surface area (Å²) in [5.74, 6) is -0.506. The fourth-order valence-electron chi connectivity index (χ4n) is 3.46. The van der Waals surface area contributed by atoms with Gasteiger partial charge in [0.15, 0.2) is 0 Å². The minimum Gasteiger partial charge on any atom is -0.368 e. The highest BCUT2D eigenvalue weighted by Crippen LogP contribution is 2.16. The number of amides is 3. The van der Waals surface area contributed by atoms with Crippen molar-refractivity contribution in [2.24, 2.45) is 5.73 Å². The lowest BCUT2D eigenvalue weighted by atomic mass is 10.1. The van der Waals surface area contributed by atoms with E-state index < -0.39 is 11.9 Å². The third kappa shape index (κ3) is 4.17. The standard InChI is InChI=1S/C18H24N4O3/c19-18(25)15-12-22(17(24)13-21-8-4-7-16(21)23)10-9-20(15)11-14-5-2-1-3-6-14/h1-3,5-6,15H,4,7-13H2,(H2,19,25). The molecule has 2 N–H and O–H groups in total. The van der Waals surface area contributed by atoms with E-state index in [1.165, 1.54) is 0 Å². The predicted molar refractivity (Wildman–Crippen MR) is 92.2 cm³/mol. The molecule has 1 atom stereocenters. The molecule has 3 amide bonds.